The number of ether oxygens (including phenoxy) is 1. The molecule has 1 aliphatic heterocycles. The van der Waals surface area contributed by atoms with Gasteiger partial charge in [0, 0.05) is 11.4 Å². The van der Waals surface area contributed by atoms with Crippen molar-refractivity contribution in [1.29, 1.82) is 0 Å². The number of carbonyl (C=O) groups excluding carboxylic acids is 4. The van der Waals surface area contributed by atoms with E-state index in [0.29, 0.717) is 65.7 Å². The number of amides is 4. The van der Waals surface area contributed by atoms with E-state index in [1.807, 2.05) is 49.3 Å². The van der Waals surface area contributed by atoms with E-state index in [1.54, 1.807) is 18.2 Å². The molecule has 0 saturated carbocycles. The van der Waals surface area contributed by atoms with E-state index in [2.05, 4.69) is 31.2 Å². The highest BCUT2D eigenvalue weighted by atomic mass is 32.2. The molecule has 0 saturated heterocycles. The Bertz CT molecular complexity index is 1670. The summed E-state index contributed by atoms with van der Waals surface area (Å²) in [6.45, 7) is 0.878. The maximum Gasteiger partial charge on any atom is 0.407 e. The lowest BCUT2D eigenvalue weighted by Crippen LogP contribution is -2.53. The van der Waals surface area contributed by atoms with Crippen LogP contribution in [0.25, 0.3) is 10.2 Å². The second kappa shape index (κ2) is 20.8. The number of nitrogens with one attached hydrogen (secondary N) is 4. The molecule has 1 aliphatic rings. The van der Waals surface area contributed by atoms with Crippen LogP contribution in [0.15, 0.2) is 53.5 Å². The zero-order valence-electron chi connectivity index (χ0n) is 29.4. The Morgan fingerprint density at radius 3 is 2.40 bits per heavy atom. The average Bonchev–Trinajstić information content (AvgIpc) is 3.79. The molecule has 0 radical (unpaired) electrons. The minimum Gasteiger partial charge on any atom is -0.445 e. The number of alkyl carbamates (subject to hydrolysis) is 1. The second-order valence-corrected chi connectivity index (χ2v) is 14.6. The quantitative estimate of drug-likeness (QED) is 0.0654. The van der Waals surface area contributed by atoms with Gasteiger partial charge in [0.25, 0.3) is 0 Å². The van der Waals surface area contributed by atoms with Crippen LogP contribution in [0.2, 0.25) is 0 Å². The number of aliphatic hydroxyl groups excluding tert-OH is 1. The molecular formula is C35H48N8O7S2. The summed E-state index contributed by atoms with van der Waals surface area (Å²) >= 11 is 2.78. The van der Waals surface area contributed by atoms with Crippen molar-refractivity contribution in [2.45, 2.75) is 69.5 Å². The summed E-state index contributed by atoms with van der Waals surface area (Å²) in [6, 6.07) is 11.9. The first-order valence-corrected chi connectivity index (χ1v) is 19.0. The lowest BCUT2D eigenvalue weighted by Gasteiger charge is -2.23. The van der Waals surface area contributed by atoms with Crippen LogP contribution in [0.1, 0.15) is 49.1 Å². The zero-order chi connectivity index (χ0) is 37.5. The number of aromatic nitrogens is 1. The largest absolute Gasteiger partial charge is 0.445 e. The number of hydrogen-bond donors (Lipinski definition) is 7. The van der Waals surface area contributed by atoms with Crippen LogP contribution in [0.5, 0.6) is 0 Å². The van der Waals surface area contributed by atoms with Crippen LogP contribution in [0.4, 0.5) is 10.5 Å². The molecule has 0 unspecified atom stereocenters. The van der Waals surface area contributed by atoms with E-state index in [1.165, 1.54) is 23.1 Å². The van der Waals surface area contributed by atoms with Gasteiger partial charge in [-0.05, 0) is 89.5 Å². The number of aliphatic hydroxyl groups is 2. The summed E-state index contributed by atoms with van der Waals surface area (Å²) in [5, 5.41) is 31.1. The van der Waals surface area contributed by atoms with Crippen molar-refractivity contribution in [3.05, 3.63) is 59.1 Å². The molecule has 2 aromatic carbocycles. The van der Waals surface area contributed by atoms with E-state index < -0.39 is 54.8 Å². The van der Waals surface area contributed by atoms with Gasteiger partial charge in [0.05, 0.1) is 10.2 Å². The molecule has 2 heterocycles. The van der Waals surface area contributed by atoms with E-state index in [9.17, 15) is 29.4 Å². The van der Waals surface area contributed by atoms with Crippen LogP contribution in [-0.4, -0.2) is 113 Å². The molecule has 0 aliphatic carbocycles. The number of anilines is 1. The smallest absolute Gasteiger partial charge is 0.407 e. The number of hydrogen-bond acceptors (Lipinski definition) is 13. The minimum absolute atomic E-state index is 0.0460. The van der Waals surface area contributed by atoms with E-state index in [-0.39, 0.29) is 6.61 Å². The van der Waals surface area contributed by atoms with Crippen LogP contribution in [0.3, 0.4) is 0 Å². The van der Waals surface area contributed by atoms with Crippen molar-refractivity contribution in [2.75, 3.05) is 44.8 Å². The summed E-state index contributed by atoms with van der Waals surface area (Å²) in [5.74, 6) is -1.06. The van der Waals surface area contributed by atoms with Gasteiger partial charge in [-0.15, -0.1) is 23.1 Å². The number of nitrogens with zero attached hydrogens (tertiary/aromatic N) is 3. The molecule has 4 amide bonds. The highest BCUT2D eigenvalue weighted by molar-refractivity contribution is 8.15. The van der Waals surface area contributed by atoms with Crippen molar-refractivity contribution in [3.63, 3.8) is 0 Å². The van der Waals surface area contributed by atoms with Gasteiger partial charge in [-0.3, -0.25) is 19.4 Å². The highest BCUT2D eigenvalue weighted by Gasteiger charge is 2.28. The highest BCUT2D eigenvalue weighted by Crippen LogP contribution is 2.31. The van der Waals surface area contributed by atoms with E-state index >= 15 is 0 Å². The van der Waals surface area contributed by atoms with Gasteiger partial charge < -0.3 is 46.9 Å². The molecule has 4 rings (SSSR count). The summed E-state index contributed by atoms with van der Waals surface area (Å²) in [6.07, 6.45) is 1.01. The summed E-state index contributed by atoms with van der Waals surface area (Å²) < 4.78 is 5.97. The van der Waals surface area contributed by atoms with Gasteiger partial charge in [0.15, 0.2) is 6.29 Å². The predicted molar refractivity (Wildman–Crippen MR) is 203 cm³/mol. The van der Waals surface area contributed by atoms with Crippen molar-refractivity contribution < 1.29 is 34.1 Å². The van der Waals surface area contributed by atoms with Crippen LogP contribution >= 0.6 is 23.1 Å². The van der Waals surface area contributed by atoms with E-state index in [4.69, 9.17) is 10.5 Å². The number of thiazole rings is 1. The van der Waals surface area contributed by atoms with Gasteiger partial charge in [-0.1, -0.05) is 30.3 Å². The first-order valence-electron chi connectivity index (χ1n) is 17.2. The molecule has 282 valence electrons. The standard InChI is InChI=1S/C35H48N8O7S2/c1-43(2)17-9-7-13-25(39-29(44)19-37-35(49)50-20-22-10-4-3-5-11-22)31(46)40-26(12-6-8-16-36)30(45)38-23-14-15-24-28(18-23)52-33(41-24)32-42-27(21-51-32)34(47)48/h3-5,10-11,14-15,18,25-27,34,47-48H,6-9,12-13,16-17,19-21,36H2,1-2H3,(H,37,49)(H,38,45)(H,39,44)(H,40,46)/t25-,26-,27+/m0/s1. The second-order valence-electron chi connectivity index (χ2n) is 12.6. The Labute approximate surface area is 311 Å². The Morgan fingerprint density at radius 1 is 0.981 bits per heavy atom. The lowest BCUT2D eigenvalue weighted by atomic mass is 10.0. The van der Waals surface area contributed by atoms with Crippen LogP contribution in [0, 0.1) is 0 Å². The average molecular weight is 757 g/mol. The third kappa shape index (κ3) is 13.1. The number of nitrogens with two attached hydrogens (primary N) is 1. The molecule has 1 aromatic heterocycles. The van der Waals surface area contributed by atoms with Gasteiger partial charge in [0.1, 0.15) is 41.3 Å². The Hall–Kier alpha value is -4.13. The number of thioether (sulfide) groups is 1. The van der Waals surface area contributed by atoms with E-state index in [0.717, 1.165) is 23.2 Å². The number of fused-ring (bicyclic) bond motifs is 1. The SMILES string of the molecule is CN(C)CCCC[C@H](NC(=O)CNC(=O)OCc1ccccc1)C(=O)N[C@@H](CCCCN)C(=O)Nc1ccc2nc(C3=N[C@@H](C(O)O)CS3)sc2c1. The van der Waals surface area contributed by atoms with Crippen molar-refractivity contribution in [3.8, 4) is 0 Å². The van der Waals surface area contributed by atoms with Gasteiger partial charge in [0.2, 0.25) is 17.7 Å². The molecule has 0 bridgehead atoms. The molecular weight excluding hydrogens is 709 g/mol. The fourth-order valence-corrected chi connectivity index (χ4v) is 7.39. The number of aliphatic imine (C=N–C) groups is 1. The molecule has 3 atom stereocenters. The fourth-order valence-electron chi connectivity index (χ4n) is 5.23. The molecule has 3 aromatic rings. The van der Waals surface area contributed by atoms with Gasteiger partial charge in [-0.2, -0.15) is 0 Å². The monoisotopic (exact) mass is 756 g/mol. The minimum atomic E-state index is -1.53. The third-order valence-corrected chi connectivity index (χ3v) is 10.3. The zero-order valence-corrected chi connectivity index (χ0v) is 31.0. The Morgan fingerprint density at radius 2 is 1.71 bits per heavy atom. The molecule has 0 fully saturated rings. The molecule has 8 N–H and O–H groups in total. The molecule has 52 heavy (non-hydrogen) atoms. The maximum atomic E-state index is 13.7. The van der Waals surface area contributed by atoms with Crippen molar-refractivity contribution in [2.24, 2.45) is 10.7 Å². The van der Waals surface area contributed by atoms with Gasteiger partial charge in [-0.25, -0.2) is 9.78 Å². The summed E-state index contributed by atoms with van der Waals surface area (Å²) in [7, 11) is 3.90. The molecule has 0 spiro atoms. The normalized spacial score (nSPS) is 15.3. The topological polar surface area (TPSA) is 221 Å². The molecule has 17 heteroatoms. The Kier molecular flexibility index (Phi) is 16.2. The number of rotatable bonds is 20. The van der Waals surface area contributed by atoms with Crippen LogP contribution in [-0.2, 0) is 25.7 Å². The Balaban J connectivity index is 1.39. The fraction of sp³-hybridized carbons (Fsp3) is 0.486. The summed E-state index contributed by atoms with van der Waals surface area (Å²) in [4.78, 5) is 63.4. The first kappa shape index (κ1) is 40.6. The lowest BCUT2D eigenvalue weighted by molar-refractivity contribution is -0.131. The third-order valence-electron chi connectivity index (χ3n) is 8.04. The molecule has 15 nitrogen and oxygen atoms in total. The number of unbranched alkanes of at least 4 members (excludes halogenated alkanes) is 2. The first-order chi connectivity index (χ1) is 25.0. The maximum absolute atomic E-state index is 13.7. The van der Waals surface area contributed by atoms with Gasteiger partial charge >= 0.3 is 6.09 Å². The summed E-state index contributed by atoms with van der Waals surface area (Å²) in [5.41, 5.74) is 7.72. The number of benzene rings is 2. The van der Waals surface area contributed by atoms with Crippen molar-refractivity contribution in [1.82, 2.24) is 25.8 Å². The number of carbonyl (C=O) groups is 4. The van der Waals surface area contributed by atoms with Crippen LogP contribution < -0.4 is 27.0 Å². The predicted octanol–water partition coefficient (Wildman–Crippen LogP) is 2.16. The van der Waals surface area contributed by atoms with Crippen molar-refractivity contribution >= 4 is 67.9 Å².